The van der Waals surface area contributed by atoms with Gasteiger partial charge in [-0.25, -0.2) is 4.98 Å². The predicted molar refractivity (Wildman–Crippen MR) is 82.3 cm³/mol. The lowest BCUT2D eigenvalue weighted by molar-refractivity contribution is 0.182. The number of aryl methyl sites for hydroxylation is 1. The lowest BCUT2D eigenvalue weighted by Crippen LogP contribution is -2.07. The fraction of sp³-hybridized carbons (Fsp3) is 0.615. The van der Waals surface area contributed by atoms with Gasteiger partial charge in [0.05, 0.1) is 36.8 Å². The molecule has 0 saturated heterocycles. The van der Waals surface area contributed by atoms with Crippen molar-refractivity contribution in [2.45, 2.75) is 26.8 Å². The number of methoxy groups -OCH3 is 2. The van der Waals surface area contributed by atoms with Gasteiger partial charge in [0.1, 0.15) is 5.82 Å². The van der Waals surface area contributed by atoms with Crippen LogP contribution in [0.1, 0.15) is 17.2 Å². The lowest BCUT2D eigenvalue weighted by atomic mass is 10.3. The molecule has 0 bridgehead atoms. The summed E-state index contributed by atoms with van der Waals surface area (Å²) in [6.07, 6.45) is 0.722. The molecule has 0 radical (unpaired) electrons. The van der Waals surface area contributed by atoms with Crippen LogP contribution < -0.4 is 5.32 Å². The first-order valence-corrected chi connectivity index (χ1v) is 7.54. The molecule has 2 heterocycles. The van der Waals surface area contributed by atoms with Crippen molar-refractivity contribution in [3.05, 3.63) is 17.2 Å². The molecular weight excluding hydrogens is 290 g/mol. The van der Waals surface area contributed by atoms with Crippen molar-refractivity contribution < 1.29 is 9.47 Å². The fourth-order valence-corrected chi connectivity index (χ4v) is 2.60. The summed E-state index contributed by atoms with van der Waals surface area (Å²) in [7, 11) is 3.36. The molecule has 0 aliphatic carbocycles. The van der Waals surface area contributed by atoms with E-state index in [2.05, 4.69) is 19.8 Å². The van der Waals surface area contributed by atoms with E-state index in [1.165, 1.54) is 11.5 Å². The van der Waals surface area contributed by atoms with E-state index in [0.29, 0.717) is 13.2 Å². The molecule has 2 aromatic heterocycles. The van der Waals surface area contributed by atoms with Crippen LogP contribution >= 0.6 is 11.5 Å². The van der Waals surface area contributed by atoms with Crippen LogP contribution in [-0.4, -0.2) is 46.6 Å². The maximum absolute atomic E-state index is 5.10. The number of nitrogens with zero attached hydrogens (tertiary/aromatic N) is 4. The number of ether oxygens (including phenoxy) is 2. The topological polar surface area (TPSA) is 74.1 Å². The van der Waals surface area contributed by atoms with Gasteiger partial charge >= 0.3 is 0 Å². The average Bonchev–Trinajstić information content (AvgIpc) is 3.03. The van der Waals surface area contributed by atoms with E-state index >= 15 is 0 Å². The van der Waals surface area contributed by atoms with E-state index in [4.69, 9.17) is 9.47 Å². The number of hydrogen-bond donors (Lipinski definition) is 1. The summed E-state index contributed by atoms with van der Waals surface area (Å²) in [5, 5.41) is 8.60. The second kappa shape index (κ2) is 7.48. The van der Waals surface area contributed by atoms with E-state index in [9.17, 15) is 0 Å². The van der Waals surface area contributed by atoms with Gasteiger partial charge in [-0.3, -0.25) is 4.68 Å². The Morgan fingerprint density at radius 3 is 2.67 bits per heavy atom. The molecule has 1 N–H and O–H groups in total. The summed E-state index contributed by atoms with van der Waals surface area (Å²) < 4.78 is 16.4. The molecule has 0 aromatic carbocycles. The Balaban J connectivity index is 2.08. The normalized spacial score (nSPS) is 11.0. The minimum atomic E-state index is 0.628. The molecular formula is C13H21N5O2S. The van der Waals surface area contributed by atoms with Crippen LogP contribution in [-0.2, 0) is 22.4 Å². The van der Waals surface area contributed by atoms with Gasteiger partial charge in [-0.1, -0.05) is 0 Å². The molecule has 0 amide bonds. The molecule has 8 heteroatoms. The van der Waals surface area contributed by atoms with Crippen LogP contribution in [0.4, 0.5) is 10.8 Å². The van der Waals surface area contributed by atoms with Gasteiger partial charge in [-0.2, -0.15) is 9.47 Å². The zero-order valence-corrected chi connectivity index (χ0v) is 13.7. The van der Waals surface area contributed by atoms with E-state index in [1.807, 2.05) is 18.5 Å². The molecule has 0 saturated carbocycles. The van der Waals surface area contributed by atoms with Crippen molar-refractivity contribution in [2.75, 3.05) is 32.8 Å². The van der Waals surface area contributed by atoms with Gasteiger partial charge in [-0.15, -0.1) is 0 Å². The number of nitrogens with one attached hydrogen (secondary N) is 1. The molecule has 0 aliphatic rings. The second-order valence-corrected chi connectivity index (χ2v) is 5.40. The van der Waals surface area contributed by atoms with Crippen molar-refractivity contribution in [1.82, 2.24) is 19.1 Å². The van der Waals surface area contributed by atoms with Crippen LogP contribution in [0.3, 0.4) is 0 Å². The largest absolute Gasteiger partial charge is 0.384 e. The summed E-state index contributed by atoms with van der Waals surface area (Å²) in [6, 6.07) is 0. The first-order chi connectivity index (χ1) is 10.2. The van der Waals surface area contributed by atoms with E-state index in [0.717, 1.165) is 41.0 Å². The molecule has 21 heavy (non-hydrogen) atoms. The molecule has 0 aliphatic heterocycles. The Hall–Kier alpha value is -1.51. The van der Waals surface area contributed by atoms with Crippen molar-refractivity contribution in [3.63, 3.8) is 0 Å². The molecule has 0 atom stereocenters. The SMILES string of the molecule is COCCc1nsc(Nc2c(C)nn(CCOC)c2C)n1. The molecule has 116 valence electrons. The van der Waals surface area contributed by atoms with Crippen molar-refractivity contribution >= 4 is 22.4 Å². The van der Waals surface area contributed by atoms with E-state index in [1.54, 1.807) is 14.2 Å². The zero-order valence-electron chi connectivity index (χ0n) is 12.8. The highest BCUT2D eigenvalue weighted by atomic mass is 32.1. The summed E-state index contributed by atoms with van der Waals surface area (Å²) in [4.78, 5) is 4.45. The molecule has 7 nitrogen and oxygen atoms in total. The molecule has 0 unspecified atom stereocenters. The monoisotopic (exact) mass is 311 g/mol. The highest BCUT2D eigenvalue weighted by molar-refractivity contribution is 7.09. The number of hydrogen-bond acceptors (Lipinski definition) is 7. The van der Waals surface area contributed by atoms with Crippen molar-refractivity contribution in [1.29, 1.82) is 0 Å². The van der Waals surface area contributed by atoms with Crippen LogP contribution in [0.15, 0.2) is 0 Å². The number of rotatable bonds is 8. The number of anilines is 2. The average molecular weight is 311 g/mol. The molecule has 2 aromatic rings. The lowest BCUT2D eigenvalue weighted by Gasteiger charge is -2.05. The smallest absolute Gasteiger partial charge is 0.207 e. The summed E-state index contributed by atoms with van der Waals surface area (Å²) in [6.45, 7) is 6.01. The maximum Gasteiger partial charge on any atom is 0.207 e. The molecule has 0 fully saturated rings. The van der Waals surface area contributed by atoms with Crippen LogP contribution in [0.25, 0.3) is 0 Å². The third-order valence-corrected chi connectivity index (χ3v) is 3.79. The highest BCUT2D eigenvalue weighted by Crippen LogP contribution is 2.25. The van der Waals surface area contributed by atoms with Gasteiger partial charge in [0.25, 0.3) is 0 Å². The van der Waals surface area contributed by atoms with Gasteiger partial charge in [0, 0.05) is 32.2 Å². The third kappa shape index (κ3) is 3.99. The van der Waals surface area contributed by atoms with Crippen LogP contribution in [0, 0.1) is 13.8 Å². The summed E-state index contributed by atoms with van der Waals surface area (Å²) in [5.74, 6) is 0.798. The minimum Gasteiger partial charge on any atom is -0.384 e. The van der Waals surface area contributed by atoms with Gasteiger partial charge in [-0.05, 0) is 13.8 Å². The fourth-order valence-electron chi connectivity index (χ4n) is 1.98. The Kier molecular flexibility index (Phi) is 5.66. The first-order valence-electron chi connectivity index (χ1n) is 6.77. The minimum absolute atomic E-state index is 0.628. The van der Waals surface area contributed by atoms with E-state index < -0.39 is 0 Å². The van der Waals surface area contributed by atoms with Crippen molar-refractivity contribution in [3.8, 4) is 0 Å². The summed E-state index contributed by atoms with van der Waals surface area (Å²) >= 11 is 1.35. The van der Waals surface area contributed by atoms with Crippen molar-refractivity contribution in [2.24, 2.45) is 0 Å². The Bertz CT molecular complexity index is 581. The second-order valence-electron chi connectivity index (χ2n) is 4.65. The molecule has 2 rings (SSSR count). The van der Waals surface area contributed by atoms with Gasteiger partial charge in [0.2, 0.25) is 5.13 Å². The van der Waals surface area contributed by atoms with Gasteiger partial charge < -0.3 is 14.8 Å². The summed E-state index contributed by atoms with van der Waals surface area (Å²) in [5.41, 5.74) is 3.00. The zero-order chi connectivity index (χ0) is 15.2. The predicted octanol–water partition coefficient (Wildman–Crippen LogP) is 1.93. The first kappa shape index (κ1) is 15.9. The standard InChI is InChI=1S/C13H21N5O2S/c1-9-12(10(2)18(16-9)6-8-20-4)15-13-14-11(17-21-13)5-7-19-3/h5-8H2,1-4H3,(H,14,15,17). The Morgan fingerprint density at radius 2 is 1.95 bits per heavy atom. The molecule has 0 spiro atoms. The number of aromatic nitrogens is 4. The highest BCUT2D eigenvalue weighted by Gasteiger charge is 2.13. The maximum atomic E-state index is 5.10. The van der Waals surface area contributed by atoms with Crippen LogP contribution in [0.5, 0.6) is 0 Å². The van der Waals surface area contributed by atoms with Crippen LogP contribution in [0.2, 0.25) is 0 Å². The van der Waals surface area contributed by atoms with Gasteiger partial charge in [0.15, 0.2) is 0 Å². The Labute approximate surface area is 128 Å². The van der Waals surface area contributed by atoms with E-state index in [-0.39, 0.29) is 0 Å². The Morgan fingerprint density at radius 1 is 1.19 bits per heavy atom. The quantitative estimate of drug-likeness (QED) is 0.803. The third-order valence-electron chi connectivity index (χ3n) is 3.12.